The Balaban J connectivity index is 3.14. The van der Waals surface area contributed by atoms with Crippen LogP contribution < -0.4 is 0 Å². The molecule has 0 spiro atoms. The highest BCUT2D eigenvalue weighted by atomic mass is 16.4. The van der Waals surface area contributed by atoms with Crippen LogP contribution in [-0.4, -0.2) is 22.2 Å². The first-order chi connectivity index (χ1) is 7.90. The molecule has 0 saturated heterocycles. The second kappa shape index (κ2) is 5.16. The molecule has 0 atom stereocenters. The van der Waals surface area contributed by atoms with E-state index in [1.165, 1.54) is 13.0 Å². The Morgan fingerprint density at radius 3 is 2.35 bits per heavy atom. The molecule has 0 amide bonds. The summed E-state index contributed by atoms with van der Waals surface area (Å²) in [6.07, 6.45) is 2.14. The number of carboxylic acids is 2. The molecule has 0 aliphatic carbocycles. The summed E-state index contributed by atoms with van der Waals surface area (Å²) in [5, 5.41) is 17.5. The van der Waals surface area contributed by atoms with Crippen LogP contribution in [0.4, 0.5) is 0 Å². The molecule has 0 fully saturated rings. The van der Waals surface area contributed by atoms with Crippen LogP contribution in [-0.2, 0) is 9.59 Å². The van der Waals surface area contributed by atoms with Gasteiger partial charge in [0.05, 0.1) is 5.57 Å². The fourth-order valence-corrected chi connectivity index (χ4v) is 1.28. The lowest BCUT2D eigenvalue weighted by Gasteiger charge is -2.00. The molecule has 0 aliphatic rings. The second-order valence-corrected chi connectivity index (χ2v) is 3.48. The molecular formula is C12H12O5. The van der Waals surface area contributed by atoms with Gasteiger partial charge in [-0.2, -0.15) is 0 Å². The van der Waals surface area contributed by atoms with E-state index in [1.54, 1.807) is 19.1 Å². The number of aliphatic carboxylic acids is 2. The van der Waals surface area contributed by atoms with Crippen LogP contribution >= 0.6 is 0 Å². The van der Waals surface area contributed by atoms with Crippen LogP contribution in [0.2, 0.25) is 0 Å². The minimum atomic E-state index is -1.20. The lowest BCUT2D eigenvalue weighted by Crippen LogP contribution is -2.03. The van der Waals surface area contributed by atoms with Crippen molar-refractivity contribution in [2.24, 2.45) is 0 Å². The molecule has 1 aromatic rings. The maximum atomic E-state index is 11.0. The van der Waals surface area contributed by atoms with Crippen molar-refractivity contribution in [3.05, 3.63) is 40.9 Å². The van der Waals surface area contributed by atoms with E-state index >= 15 is 0 Å². The van der Waals surface area contributed by atoms with Crippen molar-refractivity contribution in [1.29, 1.82) is 0 Å². The van der Waals surface area contributed by atoms with Crippen molar-refractivity contribution in [2.75, 3.05) is 0 Å². The zero-order valence-electron chi connectivity index (χ0n) is 9.43. The number of aryl methyl sites for hydroxylation is 1. The highest BCUT2D eigenvalue weighted by Crippen LogP contribution is 2.16. The number of carboxylic acid groups (broad SMARTS) is 2. The first-order valence-corrected chi connectivity index (χ1v) is 4.83. The Bertz CT molecular complexity index is 505. The first kappa shape index (κ1) is 12.8. The van der Waals surface area contributed by atoms with Gasteiger partial charge in [0, 0.05) is 6.08 Å². The summed E-state index contributed by atoms with van der Waals surface area (Å²) < 4.78 is 5.20. The quantitative estimate of drug-likeness (QED) is 0.617. The van der Waals surface area contributed by atoms with Gasteiger partial charge in [0.2, 0.25) is 0 Å². The number of carbonyl (C=O) groups is 2. The monoisotopic (exact) mass is 236 g/mol. The third-order valence-electron chi connectivity index (χ3n) is 2.04. The van der Waals surface area contributed by atoms with Gasteiger partial charge in [-0.05, 0) is 37.6 Å². The highest BCUT2D eigenvalue weighted by molar-refractivity contribution is 5.98. The predicted octanol–water partition coefficient (Wildman–Crippen LogP) is 2.09. The van der Waals surface area contributed by atoms with E-state index in [0.717, 1.165) is 6.08 Å². The second-order valence-electron chi connectivity index (χ2n) is 3.48. The third-order valence-corrected chi connectivity index (χ3v) is 2.04. The number of rotatable bonds is 4. The van der Waals surface area contributed by atoms with Crippen LogP contribution in [0, 0.1) is 6.92 Å². The van der Waals surface area contributed by atoms with Gasteiger partial charge < -0.3 is 14.6 Å². The smallest absolute Gasteiger partial charge is 0.336 e. The van der Waals surface area contributed by atoms with Crippen molar-refractivity contribution in [3.63, 3.8) is 0 Å². The molecule has 17 heavy (non-hydrogen) atoms. The molecule has 90 valence electrons. The molecule has 0 aliphatic heterocycles. The zero-order chi connectivity index (χ0) is 13.0. The molecular weight excluding hydrogens is 224 g/mol. The van der Waals surface area contributed by atoms with E-state index in [9.17, 15) is 9.59 Å². The number of hydrogen-bond acceptors (Lipinski definition) is 3. The van der Waals surface area contributed by atoms with Crippen LogP contribution in [0.1, 0.15) is 18.4 Å². The van der Waals surface area contributed by atoms with Gasteiger partial charge in [0.15, 0.2) is 0 Å². The van der Waals surface area contributed by atoms with Crippen LogP contribution in [0.3, 0.4) is 0 Å². The van der Waals surface area contributed by atoms with Gasteiger partial charge in [-0.1, -0.05) is 0 Å². The van der Waals surface area contributed by atoms with Gasteiger partial charge >= 0.3 is 11.9 Å². The summed E-state index contributed by atoms with van der Waals surface area (Å²) in [6, 6.07) is 3.31. The maximum absolute atomic E-state index is 11.0. The largest absolute Gasteiger partial charge is 0.478 e. The Labute approximate surface area is 97.7 Å². The van der Waals surface area contributed by atoms with E-state index in [1.807, 2.05) is 0 Å². The van der Waals surface area contributed by atoms with Crippen molar-refractivity contribution >= 4 is 18.0 Å². The molecule has 5 nitrogen and oxygen atoms in total. The predicted molar refractivity (Wildman–Crippen MR) is 60.5 cm³/mol. The van der Waals surface area contributed by atoms with Crippen LogP contribution in [0.15, 0.2) is 33.8 Å². The fourth-order valence-electron chi connectivity index (χ4n) is 1.28. The van der Waals surface area contributed by atoms with E-state index in [2.05, 4.69) is 0 Å². The highest BCUT2D eigenvalue weighted by Gasteiger charge is 2.12. The number of furan rings is 1. The molecule has 0 aromatic carbocycles. The van der Waals surface area contributed by atoms with E-state index in [0.29, 0.717) is 11.5 Å². The lowest BCUT2D eigenvalue weighted by atomic mass is 10.1. The SMILES string of the molecule is CC(=CC(=O)O)/C(=C\c1ccc(C)o1)C(=O)O. The average molecular weight is 236 g/mol. The van der Waals surface area contributed by atoms with Crippen LogP contribution in [0.5, 0.6) is 0 Å². The average Bonchev–Trinajstić information content (AvgIpc) is 2.58. The van der Waals surface area contributed by atoms with Crippen molar-refractivity contribution in [2.45, 2.75) is 13.8 Å². The summed E-state index contributed by atoms with van der Waals surface area (Å²) in [6.45, 7) is 3.15. The Kier molecular flexibility index (Phi) is 3.87. The lowest BCUT2D eigenvalue weighted by molar-refractivity contribution is -0.132. The van der Waals surface area contributed by atoms with Crippen molar-refractivity contribution < 1.29 is 24.2 Å². The van der Waals surface area contributed by atoms with E-state index in [4.69, 9.17) is 14.6 Å². The third kappa shape index (κ3) is 3.64. The van der Waals surface area contributed by atoms with Gasteiger partial charge in [-0.15, -0.1) is 0 Å². The molecule has 1 aromatic heterocycles. The topological polar surface area (TPSA) is 87.7 Å². The summed E-state index contributed by atoms with van der Waals surface area (Å²) in [7, 11) is 0. The van der Waals surface area contributed by atoms with Crippen molar-refractivity contribution in [3.8, 4) is 0 Å². The summed E-state index contributed by atoms with van der Waals surface area (Å²) >= 11 is 0. The molecule has 0 bridgehead atoms. The molecule has 0 saturated carbocycles. The zero-order valence-corrected chi connectivity index (χ0v) is 9.43. The maximum Gasteiger partial charge on any atom is 0.336 e. The standard InChI is InChI=1S/C12H12O5/c1-7(5-11(13)14)10(12(15)16)6-9-4-3-8(2)17-9/h3-6H,1-2H3,(H,13,14)(H,15,16)/b7-5?,10-6+. The van der Waals surface area contributed by atoms with Crippen molar-refractivity contribution in [1.82, 2.24) is 0 Å². The molecule has 0 unspecified atom stereocenters. The van der Waals surface area contributed by atoms with Crippen LogP contribution in [0.25, 0.3) is 6.08 Å². The Morgan fingerprint density at radius 2 is 1.94 bits per heavy atom. The summed E-state index contributed by atoms with van der Waals surface area (Å²) in [4.78, 5) is 21.5. The van der Waals surface area contributed by atoms with Gasteiger partial charge in [0.1, 0.15) is 11.5 Å². The number of hydrogen-bond donors (Lipinski definition) is 2. The molecule has 0 radical (unpaired) electrons. The molecule has 5 heteroatoms. The Morgan fingerprint density at radius 1 is 1.29 bits per heavy atom. The fraction of sp³-hybridized carbons (Fsp3) is 0.167. The normalized spacial score (nSPS) is 12.6. The minimum Gasteiger partial charge on any atom is -0.478 e. The Hall–Kier alpha value is -2.30. The van der Waals surface area contributed by atoms with E-state index < -0.39 is 11.9 Å². The molecule has 2 N–H and O–H groups in total. The van der Waals surface area contributed by atoms with Gasteiger partial charge in [0.25, 0.3) is 0 Å². The molecule has 1 rings (SSSR count). The van der Waals surface area contributed by atoms with Gasteiger partial charge in [-0.25, -0.2) is 9.59 Å². The minimum absolute atomic E-state index is 0.109. The van der Waals surface area contributed by atoms with Gasteiger partial charge in [-0.3, -0.25) is 0 Å². The molecule has 1 heterocycles. The van der Waals surface area contributed by atoms with E-state index in [-0.39, 0.29) is 11.1 Å². The first-order valence-electron chi connectivity index (χ1n) is 4.83. The summed E-state index contributed by atoms with van der Waals surface area (Å²) in [5.41, 5.74) is 0.0424. The summed E-state index contributed by atoms with van der Waals surface area (Å²) in [5.74, 6) is -1.36.